The standard InChI is InChI=1S/C24H22Cl2FNO4S/c1-14(2)17-10-18(27)12-19(11-17)32-23-21(25)9-6-16(22(23)26)13-28-24(29)15-4-7-20(8-5-15)33(3,30)31/h4-12,14H,13H2,1-3H3,(H,28,29). The van der Waals surface area contributed by atoms with E-state index in [2.05, 4.69) is 5.32 Å². The van der Waals surface area contributed by atoms with Crippen molar-refractivity contribution in [3.8, 4) is 11.5 Å². The van der Waals surface area contributed by atoms with Gasteiger partial charge in [-0.2, -0.15) is 0 Å². The van der Waals surface area contributed by atoms with E-state index >= 15 is 0 Å². The van der Waals surface area contributed by atoms with Crippen LogP contribution in [0.5, 0.6) is 11.5 Å². The van der Waals surface area contributed by atoms with Gasteiger partial charge in [0.2, 0.25) is 0 Å². The fraction of sp³-hybridized carbons (Fsp3) is 0.208. The van der Waals surface area contributed by atoms with Crippen LogP contribution in [0.3, 0.4) is 0 Å². The molecule has 3 aromatic rings. The van der Waals surface area contributed by atoms with Crippen molar-refractivity contribution < 1.29 is 22.3 Å². The normalized spacial score (nSPS) is 11.5. The van der Waals surface area contributed by atoms with E-state index in [1.807, 2.05) is 13.8 Å². The number of hydrogen-bond donors (Lipinski definition) is 1. The van der Waals surface area contributed by atoms with Gasteiger partial charge in [-0.3, -0.25) is 4.79 Å². The van der Waals surface area contributed by atoms with Crippen molar-refractivity contribution in [2.24, 2.45) is 0 Å². The Bertz CT molecular complexity index is 1290. The molecule has 5 nitrogen and oxygen atoms in total. The van der Waals surface area contributed by atoms with Crippen molar-refractivity contribution in [3.05, 3.63) is 87.2 Å². The summed E-state index contributed by atoms with van der Waals surface area (Å²) in [6.07, 6.45) is 1.09. The molecular formula is C24H22Cl2FNO4S. The summed E-state index contributed by atoms with van der Waals surface area (Å²) < 4.78 is 42.9. The van der Waals surface area contributed by atoms with Gasteiger partial charge in [-0.25, -0.2) is 12.8 Å². The van der Waals surface area contributed by atoms with Crippen molar-refractivity contribution in [2.75, 3.05) is 6.26 Å². The van der Waals surface area contributed by atoms with Crippen LogP contribution in [0.2, 0.25) is 10.0 Å². The van der Waals surface area contributed by atoms with E-state index in [0.29, 0.717) is 11.1 Å². The Hall–Kier alpha value is -2.61. The largest absolute Gasteiger partial charge is 0.454 e. The van der Waals surface area contributed by atoms with Gasteiger partial charge in [0.05, 0.1) is 14.9 Å². The number of rotatable bonds is 7. The number of hydrogen-bond acceptors (Lipinski definition) is 4. The Morgan fingerprint density at radius 1 is 1.06 bits per heavy atom. The summed E-state index contributed by atoms with van der Waals surface area (Å²) in [6.45, 7) is 3.95. The molecule has 0 saturated carbocycles. The lowest BCUT2D eigenvalue weighted by atomic mass is 10.0. The molecule has 0 aliphatic rings. The first kappa shape index (κ1) is 25.0. The SMILES string of the molecule is CC(C)c1cc(F)cc(Oc2c(Cl)ccc(CNC(=O)c3ccc(S(C)(=O)=O)cc3)c2Cl)c1. The summed E-state index contributed by atoms with van der Waals surface area (Å²) in [6, 6.07) is 13.2. The maximum atomic E-state index is 14.0. The van der Waals surface area contributed by atoms with E-state index in [1.54, 1.807) is 18.2 Å². The summed E-state index contributed by atoms with van der Waals surface area (Å²) in [5.41, 5.74) is 1.60. The zero-order chi connectivity index (χ0) is 24.3. The monoisotopic (exact) mass is 509 g/mol. The third-order valence-electron chi connectivity index (χ3n) is 4.89. The average molecular weight is 510 g/mol. The Morgan fingerprint density at radius 2 is 1.73 bits per heavy atom. The minimum absolute atomic E-state index is 0.0689. The van der Waals surface area contributed by atoms with Crippen LogP contribution in [0, 0.1) is 5.82 Å². The summed E-state index contributed by atoms with van der Waals surface area (Å²) in [5, 5.41) is 3.15. The van der Waals surface area contributed by atoms with Gasteiger partial charge in [0, 0.05) is 24.4 Å². The van der Waals surface area contributed by atoms with Crippen molar-refractivity contribution >= 4 is 38.9 Å². The minimum Gasteiger partial charge on any atom is -0.454 e. The van der Waals surface area contributed by atoms with Crippen molar-refractivity contribution in [1.29, 1.82) is 0 Å². The molecule has 3 rings (SSSR count). The van der Waals surface area contributed by atoms with E-state index in [9.17, 15) is 17.6 Å². The molecule has 0 saturated heterocycles. The van der Waals surface area contributed by atoms with Gasteiger partial charge in [-0.05, 0) is 59.5 Å². The van der Waals surface area contributed by atoms with E-state index in [0.717, 1.165) is 11.8 Å². The lowest BCUT2D eigenvalue weighted by molar-refractivity contribution is 0.0950. The number of nitrogens with one attached hydrogen (secondary N) is 1. The van der Waals surface area contributed by atoms with Crippen LogP contribution in [-0.4, -0.2) is 20.6 Å². The maximum absolute atomic E-state index is 14.0. The predicted octanol–water partition coefficient (Wildman–Crippen LogP) is 6.38. The number of ether oxygens (including phenoxy) is 1. The van der Waals surface area contributed by atoms with Crippen LogP contribution in [0.4, 0.5) is 4.39 Å². The molecule has 0 bridgehead atoms. The van der Waals surface area contributed by atoms with Gasteiger partial charge < -0.3 is 10.1 Å². The van der Waals surface area contributed by atoms with Crippen LogP contribution in [0.25, 0.3) is 0 Å². The fourth-order valence-corrected chi connectivity index (χ4v) is 4.17. The number of benzene rings is 3. The molecule has 0 aliphatic carbocycles. The molecule has 1 N–H and O–H groups in total. The lowest BCUT2D eigenvalue weighted by Gasteiger charge is -2.15. The summed E-state index contributed by atoms with van der Waals surface area (Å²) in [7, 11) is -3.35. The second kappa shape index (κ2) is 10.1. The molecule has 174 valence electrons. The topological polar surface area (TPSA) is 72.5 Å². The van der Waals surface area contributed by atoms with Gasteiger partial charge in [0.15, 0.2) is 15.6 Å². The minimum atomic E-state index is -3.35. The van der Waals surface area contributed by atoms with Crippen LogP contribution < -0.4 is 10.1 Å². The van der Waals surface area contributed by atoms with Gasteiger partial charge in [-0.15, -0.1) is 0 Å². The maximum Gasteiger partial charge on any atom is 0.251 e. The van der Waals surface area contributed by atoms with E-state index in [4.69, 9.17) is 27.9 Å². The molecule has 3 aromatic carbocycles. The summed E-state index contributed by atoms with van der Waals surface area (Å²) in [5.74, 6) is -0.330. The Kier molecular flexibility index (Phi) is 7.67. The van der Waals surface area contributed by atoms with Gasteiger partial charge in [-0.1, -0.05) is 43.1 Å². The van der Waals surface area contributed by atoms with E-state index < -0.39 is 21.6 Å². The molecule has 9 heteroatoms. The van der Waals surface area contributed by atoms with Crippen LogP contribution in [-0.2, 0) is 16.4 Å². The third-order valence-corrected chi connectivity index (χ3v) is 6.73. The zero-order valence-electron chi connectivity index (χ0n) is 18.2. The number of sulfone groups is 1. The highest BCUT2D eigenvalue weighted by Gasteiger charge is 2.16. The van der Waals surface area contributed by atoms with E-state index in [-0.39, 0.29) is 38.9 Å². The second-order valence-corrected chi connectivity index (χ2v) is 10.6. The third kappa shape index (κ3) is 6.25. The van der Waals surface area contributed by atoms with Gasteiger partial charge in [0.25, 0.3) is 5.91 Å². The Morgan fingerprint density at radius 3 is 2.33 bits per heavy atom. The molecular weight excluding hydrogens is 488 g/mol. The first-order valence-corrected chi connectivity index (χ1v) is 12.6. The first-order chi connectivity index (χ1) is 15.5. The molecule has 0 fully saturated rings. The molecule has 0 spiro atoms. The smallest absolute Gasteiger partial charge is 0.251 e. The highest BCUT2D eigenvalue weighted by Crippen LogP contribution is 2.39. The molecule has 0 radical (unpaired) electrons. The Labute approximate surface area is 202 Å². The number of carbonyl (C=O) groups excluding carboxylic acids is 1. The fourth-order valence-electron chi connectivity index (χ4n) is 3.03. The van der Waals surface area contributed by atoms with Crippen LogP contribution >= 0.6 is 23.2 Å². The quantitative estimate of drug-likeness (QED) is 0.400. The molecule has 33 heavy (non-hydrogen) atoms. The zero-order valence-corrected chi connectivity index (χ0v) is 20.5. The summed E-state index contributed by atoms with van der Waals surface area (Å²) in [4.78, 5) is 12.6. The van der Waals surface area contributed by atoms with Crippen molar-refractivity contribution in [3.63, 3.8) is 0 Å². The highest BCUT2D eigenvalue weighted by molar-refractivity contribution is 7.90. The van der Waals surface area contributed by atoms with Crippen LogP contribution in [0.1, 0.15) is 41.3 Å². The number of halogens is 3. The highest BCUT2D eigenvalue weighted by atomic mass is 35.5. The second-order valence-electron chi connectivity index (χ2n) is 7.81. The summed E-state index contributed by atoms with van der Waals surface area (Å²) >= 11 is 12.7. The molecule has 1 amide bonds. The van der Waals surface area contributed by atoms with E-state index in [1.165, 1.54) is 36.4 Å². The molecule has 0 aromatic heterocycles. The number of carbonyl (C=O) groups is 1. The van der Waals surface area contributed by atoms with Gasteiger partial charge in [0.1, 0.15) is 11.6 Å². The van der Waals surface area contributed by atoms with Crippen molar-refractivity contribution in [1.82, 2.24) is 5.32 Å². The lowest BCUT2D eigenvalue weighted by Crippen LogP contribution is -2.23. The Balaban J connectivity index is 1.78. The molecule has 0 atom stereocenters. The molecule has 0 aliphatic heterocycles. The van der Waals surface area contributed by atoms with Crippen LogP contribution in [0.15, 0.2) is 59.5 Å². The predicted molar refractivity (Wildman–Crippen MR) is 128 cm³/mol. The molecule has 0 unspecified atom stereocenters. The van der Waals surface area contributed by atoms with Gasteiger partial charge >= 0.3 is 0 Å². The first-order valence-electron chi connectivity index (χ1n) is 9.99. The average Bonchev–Trinajstić information content (AvgIpc) is 2.75. The molecule has 0 heterocycles. The number of amides is 1. The van der Waals surface area contributed by atoms with Crippen molar-refractivity contribution in [2.45, 2.75) is 31.2 Å².